The first-order valence-electron chi connectivity index (χ1n) is 4.23. The van der Waals surface area contributed by atoms with E-state index in [1.54, 1.807) is 22.7 Å². The van der Waals surface area contributed by atoms with Crippen molar-refractivity contribution >= 4 is 29.8 Å². The first kappa shape index (κ1) is 9.20. The number of carbonyl (C=O) groups excluding carboxylic acids is 2. The SMILES string of the molecule is O=CNc1cnn2c(NC=O)ccc2c1. The largest absolute Gasteiger partial charge is 0.327 e. The number of carbonyl (C=O) groups is 2. The van der Waals surface area contributed by atoms with Gasteiger partial charge >= 0.3 is 0 Å². The lowest BCUT2D eigenvalue weighted by Crippen LogP contribution is -2.02. The van der Waals surface area contributed by atoms with Gasteiger partial charge in [-0.2, -0.15) is 5.10 Å². The van der Waals surface area contributed by atoms with E-state index in [9.17, 15) is 9.59 Å². The molecule has 0 atom stereocenters. The number of aromatic nitrogens is 2. The lowest BCUT2D eigenvalue weighted by Gasteiger charge is -2.01. The van der Waals surface area contributed by atoms with Gasteiger partial charge in [0.15, 0.2) is 0 Å². The Labute approximate surface area is 84.9 Å². The average molecular weight is 204 g/mol. The second kappa shape index (κ2) is 3.79. The number of fused-ring (bicyclic) bond motifs is 1. The maximum absolute atomic E-state index is 10.3. The van der Waals surface area contributed by atoms with Crippen molar-refractivity contribution in [1.29, 1.82) is 0 Å². The van der Waals surface area contributed by atoms with Crippen molar-refractivity contribution in [1.82, 2.24) is 9.61 Å². The Kier molecular flexibility index (Phi) is 2.32. The van der Waals surface area contributed by atoms with E-state index in [-0.39, 0.29) is 0 Å². The molecule has 2 aromatic rings. The molecule has 0 saturated heterocycles. The molecule has 2 rings (SSSR count). The van der Waals surface area contributed by atoms with Crippen LogP contribution >= 0.6 is 0 Å². The number of amides is 2. The van der Waals surface area contributed by atoms with Crippen molar-refractivity contribution < 1.29 is 9.59 Å². The van der Waals surface area contributed by atoms with Crippen molar-refractivity contribution in [2.24, 2.45) is 0 Å². The highest BCUT2D eigenvalue weighted by molar-refractivity contribution is 5.76. The Hall–Kier alpha value is -2.37. The highest BCUT2D eigenvalue weighted by atomic mass is 16.1. The van der Waals surface area contributed by atoms with E-state index in [1.165, 1.54) is 6.20 Å². The summed E-state index contributed by atoms with van der Waals surface area (Å²) in [6.07, 6.45) is 2.67. The van der Waals surface area contributed by atoms with Crippen molar-refractivity contribution in [3.63, 3.8) is 0 Å². The van der Waals surface area contributed by atoms with E-state index in [4.69, 9.17) is 0 Å². The molecule has 0 aliphatic heterocycles. The number of anilines is 2. The highest BCUT2D eigenvalue weighted by Gasteiger charge is 2.02. The van der Waals surface area contributed by atoms with Crippen LogP contribution in [-0.4, -0.2) is 22.4 Å². The zero-order valence-electron chi connectivity index (χ0n) is 7.68. The van der Waals surface area contributed by atoms with Gasteiger partial charge in [0.1, 0.15) is 5.82 Å². The molecule has 76 valence electrons. The predicted molar refractivity (Wildman–Crippen MR) is 54.6 cm³/mol. The summed E-state index contributed by atoms with van der Waals surface area (Å²) < 4.78 is 1.56. The smallest absolute Gasteiger partial charge is 0.212 e. The van der Waals surface area contributed by atoms with Gasteiger partial charge in [-0.05, 0) is 18.2 Å². The third-order valence-corrected chi connectivity index (χ3v) is 1.93. The minimum atomic E-state index is 0.581. The monoisotopic (exact) mass is 204 g/mol. The Morgan fingerprint density at radius 2 is 2.00 bits per heavy atom. The summed E-state index contributed by atoms with van der Waals surface area (Å²) in [6.45, 7) is 0. The zero-order chi connectivity index (χ0) is 10.7. The molecule has 0 unspecified atom stereocenters. The van der Waals surface area contributed by atoms with Crippen molar-refractivity contribution in [3.05, 3.63) is 24.4 Å². The molecule has 2 N–H and O–H groups in total. The van der Waals surface area contributed by atoms with Gasteiger partial charge in [-0.3, -0.25) is 9.59 Å². The summed E-state index contributed by atoms with van der Waals surface area (Å²) in [5.41, 5.74) is 1.39. The summed E-state index contributed by atoms with van der Waals surface area (Å²) in [5, 5.41) is 9.06. The van der Waals surface area contributed by atoms with Crippen LogP contribution in [0.1, 0.15) is 0 Å². The number of nitrogens with one attached hydrogen (secondary N) is 2. The molecule has 0 bridgehead atoms. The molecule has 2 heterocycles. The van der Waals surface area contributed by atoms with Crippen LogP contribution in [0.25, 0.3) is 5.52 Å². The summed E-state index contributed by atoms with van der Waals surface area (Å²) in [5.74, 6) is 0.581. The molecule has 0 fully saturated rings. The van der Waals surface area contributed by atoms with E-state index >= 15 is 0 Å². The molecule has 0 saturated carbocycles. The maximum Gasteiger partial charge on any atom is 0.212 e. The van der Waals surface area contributed by atoms with E-state index in [0.717, 1.165) is 5.52 Å². The second-order valence-electron chi connectivity index (χ2n) is 2.82. The van der Waals surface area contributed by atoms with Gasteiger partial charge < -0.3 is 10.6 Å². The molecular weight excluding hydrogens is 196 g/mol. The van der Waals surface area contributed by atoms with Crippen LogP contribution in [0.4, 0.5) is 11.5 Å². The number of rotatable bonds is 4. The third kappa shape index (κ3) is 1.64. The zero-order valence-corrected chi connectivity index (χ0v) is 7.68. The molecule has 6 nitrogen and oxygen atoms in total. The van der Waals surface area contributed by atoms with Crippen LogP contribution in [0.5, 0.6) is 0 Å². The predicted octanol–water partition coefficient (Wildman–Crippen LogP) is 0.471. The van der Waals surface area contributed by atoms with Crippen LogP contribution in [0, 0.1) is 0 Å². The number of hydrogen-bond donors (Lipinski definition) is 2. The van der Waals surface area contributed by atoms with Crippen LogP contribution in [0.2, 0.25) is 0 Å². The van der Waals surface area contributed by atoms with Gasteiger partial charge in [0, 0.05) is 0 Å². The Balaban J connectivity index is 2.46. The first-order chi connectivity index (χ1) is 7.35. The first-order valence-corrected chi connectivity index (χ1v) is 4.23. The Morgan fingerprint density at radius 1 is 1.20 bits per heavy atom. The fourth-order valence-corrected chi connectivity index (χ4v) is 1.32. The molecule has 0 radical (unpaired) electrons. The Bertz CT molecular complexity index is 506. The van der Waals surface area contributed by atoms with E-state index in [1.807, 2.05) is 0 Å². The summed E-state index contributed by atoms with van der Waals surface area (Å²) in [4.78, 5) is 20.5. The van der Waals surface area contributed by atoms with Crippen molar-refractivity contribution in [2.75, 3.05) is 10.6 Å². The molecule has 0 aliphatic rings. The highest BCUT2D eigenvalue weighted by Crippen LogP contribution is 2.15. The normalized spacial score (nSPS) is 9.87. The molecule has 15 heavy (non-hydrogen) atoms. The lowest BCUT2D eigenvalue weighted by atomic mass is 10.4. The maximum atomic E-state index is 10.3. The topological polar surface area (TPSA) is 75.5 Å². The van der Waals surface area contributed by atoms with Crippen molar-refractivity contribution in [3.8, 4) is 0 Å². The molecule has 0 aliphatic carbocycles. The summed E-state index contributed by atoms with van der Waals surface area (Å²) in [6, 6.07) is 5.26. The Morgan fingerprint density at radius 3 is 2.73 bits per heavy atom. The van der Waals surface area contributed by atoms with E-state index in [2.05, 4.69) is 15.7 Å². The molecule has 2 amide bonds. The van der Waals surface area contributed by atoms with Gasteiger partial charge in [-0.1, -0.05) is 0 Å². The van der Waals surface area contributed by atoms with Gasteiger partial charge in [-0.15, -0.1) is 0 Å². The number of nitrogens with zero attached hydrogens (tertiary/aromatic N) is 2. The quantitative estimate of drug-likeness (QED) is 0.711. The van der Waals surface area contributed by atoms with Gasteiger partial charge in [0.05, 0.1) is 17.4 Å². The molecule has 6 heteroatoms. The van der Waals surface area contributed by atoms with E-state index < -0.39 is 0 Å². The standard InChI is InChI=1S/C9H8N4O2/c14-5-10-7-3-8-1-2-9(11-6-15)13(8)12-4-7/h1-6H,(H,10,14)(H,11,15). The molecule has 0 aromatic carbocycles. The van der Waals surface area contributed by atoms with Crippen LogP contribution in [0.3, 0.4) is 0 Å². The van der Waals surface area contributed by atoms with Crippen LogP contribution < -0.4 is 10.6 Å². The van der Waals surface area contributed by atoms with Gasteiger partial charge in [0.25, 0.3) is 0 Å². The minimum Gasteiger partial charge on any atom is -0.327 e. The molecule has 0 spiro atoms. The fourth-order valence-electron chi connectivity index (χ4n) is 1.32. The minimum absolute atomic E-state index is 0.581. The summed E-state index contributed by atoms with van der Waals surface area (Å²) in [7, 11) is 0. The summed E-state index contributed by atoms with van der Waals surface area (Å²) >= 11 is 0. The van der Waals surface area contributed by atoms with Gasteiger partial charge in [0.2, 0.25) is 12.8 Å². The van der Waals surface area contributed by atoms with Crippen LogP contribution in [0.15, 0.2) is 24.4 Å². The van der Waals surface area contributed by atoms with Crippen molar-refractivity contribution in [2.45, 2.75) is 0 Å². The van der Waals surface area contributed by atoms with Gasteiger partial charge in [-0.25, -0.2) is 4.52 Å². The average Bonchev–Trinajstić information content (AvgIpc) is 2.62. The lowest BCUT2D eigenvalue weighted by molar-refractivity contribution is -0.106. The van der Waals surface area contributed by atoms with Crippen LogP contribution in [-0.2, 0) is 9.59 Å². The molecular formula is C9H8N4O2. The third-order valence-electron chi connectivity index (χ3n) is 1.93. The fraction of sp³-hybridized carbons (Fsp3) is 0. The number of hydrogen-bond acceptors (Lipinski definition) is 3. The second-order valence-corrected chi connectivity index (χ2v) is 2.82. The van der Waals surface area contributed by atoms with E-state index in [0.29, 0.717) is 24.3 Å². The molecule has 2 aromatic heterocycles.